The van der Waals surface area contributed by atoms with Crippen LogP contribution >= 0.6 is 0 Å². The zero-order chi connectivity index (χ0) is 38.8. The van der Waals surface area contributed by atoms with Crippen molar-refractivity contribution >= 4 is 5.97 Å². The number of carbonyl (C=O) groups excluding carboxylic acids is 1. The summed E-state index contributed by atoms with van der Waals surface area (Å²) in [6.07, 6.45) is -8.22. The van der Waals surface area contributed by atoms with Gasteiger partial charge in [0.25, 0.3) is 0 Å². The zero-order valence-electron chi connectivity index (χ0n) is 33.2. The lowest BCUT2D eigenvalue weighted by Crippen LogP contribution is -2.60. The Hall–Kier alpha value is -1.01. The summed E-state index contributed by atoms with van der Waals surface area (Å²) in [4.78, 5) is 16.1. The van der Waals surface area contributed by atoms with Gasteiger partial charge in [-0.25, -0.2) is 0 Å². The summed E-state index contributed by atoms with van der Waals surface area (Å²) in [5.41, 5.74) is -4.37. The third kappa shape index (κ3) is 10.2. The number of likely N-dealkylation sites (N-methyl/N-ethyl adjacent to an activating group) is 1. The van der Waals surface area contributed by atoms with E-state index in [4.69, 9.17) is 28.4 Å². The predicted octanol–water partition coefficient (Wildman–Crippen LogP) is 1.56. The molecule has 3 fully saturated rings. The first kappa shape index (κ1) is 44.4. The van der Waals surface area contributed by atoms with Crippen LogP contribution in [0.15, 0.2) is 0 Å². The Bertz CT molecular complexity index is 1110. The molecule has 0 amide bonds. The highest BCUT2D eigenvalue weighted by atomic mass is 16.7. The van der Waals surface area contributed by atoms with Crippen molar-refractivity contribution in [1.29, 1.82) is 0 Å². The molecule has 300 valence electrons. The Morgan fingerprint density at radius 2 is 1.57 bits per heavy atom. The van der Waals surface area contributed by atoms with E-state index in [2.05, 4.69) is 5.32 Å². The van der Waals surface area contributed by atoms with E-state index in [0.717, 1.165) is 0 Å². The summed E-state index contributed by atoms with van der Waals surface area (Å²) in [5, 5.41) is 60.9. The van der Waals surface area contributed by atoms with Gasteiger partial charge < -0.3 is 64.2 Å². The van der Waals surface area contributed by atoms with Crippen molar-refractivity contribution < 1.29 is 58.7 Å². The minimum Gasteiger partial charge on any atom is -0.459 e. The highest BCUT2D eigenvalue weighted by Crippen LogP contribution is 2.40. The molecule has 51 heavy (non-hydrogen) atoms. The number of aliphatic hydroxyl groups is 5. The number of ether oxygens (including phenoxy) is 6. The third-order valence-corrected chi connectivity index (χ3v) is 11.7. The van der Waals surface area contributed by atoms with Gasteiger partial charge in [-0.3, -0.25) is 4.79 Å². The number of hydrogen-bond acceptors (Lipinski definition) is 14. The van der Waals surface area contributed by atoms with Gasteiger partial charge in [0.15, 0.2) is 12.6 Å². The lowest BCUT2D eigenvalue weighted by molar-refractivity contribution is -0.318. The number of nitrogens with zero attached hydrogens (tertiary/aromatic N) is 1. The molecule has 0 saturated carbocycles. The molecule has 3 aliphatic rings. The molecule has 18 atom stereocenters. The molecule has 3 saturated heterocycles. The fourth-order valence-corrected chi connectivity index (χ4v) is 8.36. The van der Waals surface area contributed by atoms with Crippen LogP contribution in [-0.2, 0) is 33.2 Å². The normalized spacial score (nSPS) is 49.9. The molecule has 3 heterocycles. The Balaban J connectivity index is 2.15. The van der Waals surface area contributed by atoms with E-state index in [-0.39, 0.29) is 37.3 Å². The van der Waals surface area contributed by atoms with Crippen LogP contribution in [0.1, 0.15) is 94.9 Å². The van der Waals surface area contributed by atoms with Crippen LogP contribution in [0, 0.1) is 17.8 Å². The second kappa shape index (κ2) is 17.6. The molecule has 3 aliphatic heterocycles. The minimum atomic E-state index is -1.80. The van der Waals surface area contributed by atoms with Crippen LogP contribution < -0.4 is 5.32 Å². The molecule has 14 heteroatoms. The number of methoxy groups -OCH3 is 1. The number of rotatable bonds is 7. The molecule has 0 aromatic rings. The van der Waals surface area contributed by atoms with Gasteiger partial charge in [0.05, 0.1) is 41.5 Å². The van der Waals surface area contributed by atoms with Gasteiger partial charge in [-0.1, -0.05) is 20.8 Å². The third-order valence-electron chi connectivity index (χ3n) is 11.7. The van der Waals surface area contributed by atoms with Crippen LogP contribution in [-0.4, -0.2) is 154 Å². The van der Waals surface area contributed by atoms with Crippen molar-refractivity contribution in [1.82, 2.24) is 10.2 Å². The van der Waals surface area contributed by atoms with E-state index in [1.165, 1.54) is 14.0 Å². The van der Waals surface area contributed by atoms with E-state index in [0.29, 0.717) is 13.0 Å². The number of esters is 1. The van der Waals surface area contributed by atoms with Gasteiger partial charge in [0, 0.05) is 31.5 Å². The smallest absolute Gasteiger partial charge is 0.311 e. The quantitative estimate of drug-likeness (QED) is 0.207. The Morgan fingerprint density at radius 1 is 0.941 bits per heavy atom. The first-order valence-corrected chi connectivity index (χ1v) is 18.8. The summed E-state index contributed by atoms with van der Waals surface area (Å²) < 4.78 is 37.4. The molecule has 3 rings (SSSR count). The van der Waals surface area contributed by atoms with E-state index >= 15 is 0 Å². The minimum absolute atomic E-state index is 0.132. The van der Waals surface area contributed by atoms with Crippen LogP contribution in [0.4, 0.5) is 0 Å². The van der Waals surface area contributed by atoms with Gasteiger partial charge in [-0.05, 0) is 94.3 Å². The zero-order valence-corrected chi connectivity index (χ0v) is 33.2. The first-order valence-electron chi connectivity index (χ1n) is 18.8. The molecule has 0 aromatic heterocycles. The summed E-state index contributed by atoms with van der Waals surface area (Å²) >= 11 is 0. The SMILES string of the molecule is CC[C@H]1OC(=O)[C@H](C)[C@H](OC2CC(C)(OC)C(O)C(C)O2)[C@@H](C)[C@@H](O[C@@H]2OC(C)CC(N(C)C)C2O)C(C)(O)C[C@@H](C)CN[C@@H](C)[C@@H](O)[C@]1(C)O. The highest BCUT2D eigenvalue weighted by molar-refractivity contribution is 5.73. The van der Waals surface area contributed by atoms with E-state index in [9.17, 15) is 30.3 Å². The largest absolute Gasteiger partial charge is 0.459 e. The predicted molar refractivity (Wildman–Crippen MR) is 190 cm³/mol. The van der Waals surface area contributed by atoms with Gasteiger partial charge in [0.1, 0.15) is 30.0 Å². The Labute approximate surface area is 305 Å². The maximum atomic E-state index is 14.1. The Kier molecular flexibility index (Phi) is 15.3. The maximum absolute atomic E-state index is 14.1. The van der Waals surface area contributed by atoms with Crippen LogP contribution in [0.25, 0.3) is 0 Å². The van der Waals surface area contributed by atoms with Crippen LogP contribution in [0.3, 0.4) is 0 Å². The average molecular weight is 735 g/mol. The topological polar surface area (TPSA) is 189 Å². The van der Waals surface area contributed by atoms with Crippen molar-refractivity contribution in [3.05, 3.63) is 0 Å². The molecular weight excluding hydrogens is 664 g/mol. The number of cyclic esters (lactones) is 1. The highest BCUT2D eigenvalue weighted by Gasteiger charge is 2.52. The number of nitrogens with one attached hydrogen (secondary N) is 1. The van der Waals surface area contributed by atoms with Gasteiger partial charge in [0.2, 0.25) is 0 Å². The number of aliphatic hydroxyl groups excluding tert-OH is 3. The standard InChI is InChI=1S/C37H70N2O12/c1-14-26-37(10,45)30(41)23(6)38-18-19(2)16-35(8,44)32(51-34-28(40)25(39(11)12)15-20(3)47-34)21(4)29(22(5)33(43)49-26)50-27-17-36(9,46-13)31(42)24(7)48-27/h19-32,34,38,40-42,44-45H,14-18H2,1-13H3/t19-,20?,21-,22-,23+,24?,25?,26-,27?,28?,29-,30-,31?,32-,34+,35?,36?,37-/m1/s1. The monoisotopic (exact) mass is 734 g/mol. The second-order valence-electron chi connectivity index (χ2n) is 16.7. The number of hydrogen-bond donors (Lipinski definition) is 6. The summed E-state index contributed by atoms with van der Waals surface area (Å²) in [6, 6.07) is -0.858. The summed E-state index contributed by atoms with van der Waals surface area (Å²) in [6.45, 7) is 17.8. The Morgan fingerprint density at radius 3 is 2.14 bits per heavy atom. The van der Waals surface area contributed by atoms with Crippen molar-refractivity contribution in [3.63, 3.8) is 0 Å². The first-order chi connectivity index (χ1) is 23.5. The lowest BCUT2D eigenvalue weighted by atomic mass is 9.77. The number of carbonyl (C=O) groups is 1. The molecule has 8 unspecified atom stereocenters. The van der Waals surface area contributed by atoms with Crippen LogP contribution in [0.5, 0.6) is 0 Å². The molecule has 0 spiro atoms. The van der Waals surface area contributed by atoms with Crippen LogP contribution in [0.2, 0.25) is 0 Å². The van der Waals surface area contributed by atoms with Gasteiger partial charge in [-0.2, -0.15) is 0 Å². The molecule has 0 aliphatic carbocycles. The van der Waals surface area contributed by atoms with Gasteiger partial charge >= 0.3 is 5.97 Å². The fraction of sp³-hybridized carbons (Fsp3) is 0.973. The summed E-state index contributed by atoms with van der Waals surface area (Å²) in [7, 11) is 5.27. The maximum Gasteiger partial charge on any atom is 0.311 e. The molecule has 0 radical (unpaired) electrons. The fourth-order valence-electron chi connectivity index (χ4n) is 8.36. The van der Waals surface area contributed by atoms with Crippen molar-refractivity contribution in [2.75, 3.05) is 27.7 Å². The molecule has 0 bridgehead atoms. The second-order valence-corrected chi connectivity index (χ2v) is 16.7. The van der Waals surface area contributed by atoms with E-state index in [1.807, 2.05) is 39.8 Å². The lowest BCUT2D eigenvalue weighted by Gasteiger charge is -2.48. The van der Waals surface area contributed by atoms with Crippen molar-refractivity contribution in [3.8, 4) is 0 Å². The summed E-state index contributed by atoms with van der Waals surface area (Å²) in [5.74, 6) is -2.60. The molecule has 14 nitrogen and oxygen atoms in total. The molecular formula is C37H70N2O12. The molecule has 0 aromatic carbocycles. The molecule has 6 N–H and O–H groups in total. The van der Waals surface area contributed by atoms with Gasteiger partial charge in [-0.15, -0.1) is 0 Å². The van der Waals surface area contributed by atoms with Crippen molar-refractivity contribution in [2.24, 2.45) is 17.8 Å². The van der Waals surface area contributed by atoms with Crippen molar-refractivity contribution in [2.45, 2.75) is 185 Å². The average Bonchev–Trinajstić information content (AvgIpc) is 3.05. The van der Waals surface area contributed by atoms with E-state index in [1.54, 1.807) is 41.5 Å². The van der Waals surface area contributed by atoms with E-state index < -0.39 is 96.0 Å².